The first kappa shape index (κ1) is 7.43. The summed E-state index contributed by atoms with van der Waals surface area (Å²) in [6.07, 6.45) is 0. The molecule has 0 aromatic heterocycles. The van der Waals surface area contributed by atoms with E-state index in [1.165, 1.54) is 0 Å². The van der Waals surface area contributed by atoms with Crippen LogP contribution in [0.5, 0.6) is 0 Å². The Morgan fingerprint density at radius 1 is 1.62 bits per heavy atom. The predicted molar refractivity (Wildman–Crippen MR) is 27.6 cm³/mol. The summed E-state index contributed by atoms with van der Waals surface area (Å²) in [5, 5.41) is 6.70. The number of hydrogen-bond donors (Lipinski definition) is 1. The number of rotatable bonds is 2. The molecule has 0 aromatic carbocycles. The number of alkyl halides is 1. The molecule has 1 radical (unpaired) electrons. The fourth-order valence-corrected chi connectivity index (χ4v) is 0.227. The molecular weight excluding hydrogens is 131 g/mol. The van der Waals surface area contributed by atoms with Gasteiger partial charge in [0.1, 0.15) is 5.38 Å². The molecule has 0 aromatic rings. The lowest BCUT2D eigenvalue weighted by Gasteiger charge is -1.91. The fraction of sp³-hybridized carbons (Fsp3) is 0.250. The number of carboxylic acids is 1. The van der Waals surface area contributed by atoms with Crippen molar-refractivity contribution in [2.24, 2.45) is 0 Å². The van der Waals surface area contributed by atoms with Gasteiger partial charge in [-0.25, -0.2) is 4.79 Å². The highest BCUT2D eigenvalue weighted by atomic mass is 35.5. The van der Waals surface area contributed by atoms with Gasteiger partial charge < -0.3 is 5.11 Å². The van der Waals surface area contributed by atoms with Gasteiger partial charge in [0.15, 0.2) is 0 Å². The maximum absolute atomic E-state index is 10.0. The Hall–Kier alpha value is -0.570. The zero-order valence-electron chi connectivity index (χ0n) is 3.93. The van der Waals surface area contributed by atoms with E-state index < -0.39 is 17.1 Å². The molecule has 0 saturated carbocycles. The molecule has 0 aliphatic heterocycles. The minimum Gasteiger partial charge on any atom is -0.475 e. The van der Waals surface area contributed by atoms with Crippen molar-refractivity contribution in [3.63, 3.8) is 0 Å². The van der Waals surface area contributed by atoms with E-state index in [2.05, 4.69) is 6.92 Å². The van der Waals surface area contributed by atoms with E-state index in [9.17, 15) is 9.59 Å². The summed E-state index contributed by atoms with van der Waals surface area (Å²) >= 11 is 4.98. The Bertz CT molecular complexity index is 118. The lowest BCUT2D eigenvalue weighted by Crippen LogP contribution is -2.20. The Kier molecular flexibility index (Phi) is 2.48. The van der Waals surface area contributed by atoms with Gasteiger partial charge >= 0.3 is 5.97 Å². The summed E-state index contributed by atoms with van der Waals surface area (Å²) in [5.74, 6) is -2.62. The van der Waals surface area contributed by atoms with Crippen LogP contribution in [0.3, 0.4) is 0 Å². The summed E-state index contributed by atoms with van der Waals surface area (Å²) in [6, 6.07) is 0. The molecule has 4 heteroatoms. The maximum Gasteiger partial charge on any atom is 0.373 e. The van der Waals surface area contributed by atoms with Crippen molar-refractivity contribution in [3.8, 4) is 0 Å². The first-order chi connectivity index (χ1) is 3.55. The third-order valence-electron chi connectivity index (χ3n) is 0.495. The second-order valence-electron chi connectivity index (χ2n) is 1.14. The average Bonchev–Trinajstić information content (AvgIpc) is 1.64. The van der Waals surface area contributed by atoms with Crippen molar-refractivity contribution in [2.45, 2.75) is 5.38 Å². The van der Waals surface area contributed by atoms with Crippen LogP contribution >= 0.6 is 11.6 Å². The smallest absolute Gasteiger partial charge is 0.373 e. The highest BCUT2D eigenvalue weighted by Gasteiger charge is 2.16. The Morgan fingerprint density at radius 2 is 2.00 bits per heavy atom. The highest BCUT2D eigenvalue weighted by Crippen LogP contribution is 1.93. The van der Waals surface area contributed by atoms with Gasteiger partial charge in [-0.05, 0) is 6.92 Å². The van der Waals surface area contributed by atoms with Gasteiger partial charge in [0, 0.05) is 0 Å². The summed E-state index contributed by atoms with van der Waals surface area (Å²) in [7, 11) is 0. The number of hydrogen-bond acceptors (Lipinski definition) is 2. The molecule has 0 fully saturated rings. The summed E-state index contributed by atoms with van der Waals surface area (Å²) < 4.78 is 0. The molecule has 8 heavy (non-hydrogen) atoms. The Morgan fingerprint density at radius 3 is 2.00 bits per heavy atom. The molecule has 3 nitrogen and oxygen atoms in total. The molecule has 0 saturated heterocycles. The Balaban J connectivity index is 3.84. The van der Waals surface area contributed by atoms with Crippen LogP contribution in [0.1, 0.15) is 0 Å². The van der Waals surface area contributed by atoms with Crippen LogP contribution in [0.2, 0.25) is 0 Å². The highest BCUT2D eigenvalue weighted by molar-refractivity contribution is 6.47. The molecule has 45 valence electrons. The van der Waals surface area contributed by atoms with Crippen LogP contribution in [-0.4, -0.2) is 22.2 Å². The molecule has 0 amide bonds. The molecule has 1 unspecified atom stereocenters. The third-order valence-corrected chi connectivity index (χ3v) is 0.693. The average molecular weight is 136 g/mol. The van der Waals surface area contributed by atoms with Gasteiger partial charge in [0.05, 0.1) is 0 Å². The number of carbonyl (C=O) groups is 2. The molecule has 0 rings (SSSR count). The topological polar surface area (TPSA) is 54.4 Å². The van der Waals surface area contributed by atoms with E-state index in [0.29, 0.717) is 0 Å². The van der Waals surface area contributed by atoms with E-state index >= 15 is 0 Å². The van der Waals surface area contributed by atoms with Crippen molar-refractivity contribution in [1.82, 2.24) is 0 Å². The lowest BCUT2D eigenvalue weighted by molar-refractivity contribution is -0.148. The summed E-state index contributed by atoms with van der Waals surface area (Å²) in [5.41, 5.74) is 0. The van der Waals surface area contributed by atoms with Gasteiger partial charge in [0.2, 0.25) is 0 Å². The SMILES string of the molecule is [CH2]C(Cl)C(=O)C(=O)O. The first-order valence-electron chi connectivity index (χ1n) is 1.80. The normalized spacial score (nSPS) is 12.8. The van der Waals surface area contributed by atoms with Crippen molar-refractivity contribution in [2.75, 3.05) is 0 Å². The quantitative estimate of drug-likeness (QED) is 0.431. The number of Topliss-reactive ketones (excluding diaryl/α,β-unsaturated/α-hetero) is 1. The van der Waals surface area contributed by atoms with E-state index in [0.717, 1.165) is 0 Å². The number of aliphatic carboxylic acids is 1. The molecular formula is C4H4ClO3. The minimum absolute atomic E-state index is 1.08. The number of carbonyl (C=O) groups excluding carboxylic acids is 1. The molecule has 0 heterocycles. The second kappa shape index (κ2) is 2.67. The van der Waals surface area contributed by atoms with Gasteiger partial charge in [-0.15, -0.1) is 11.6 Å². The molecule has 0 aliphatic rings. The van der Waals surface area contributed by atoms with Gasteiger partial charge in [-0.3, -0.25) is 4.79 Å². The van der Waals surface area contributed by atoms with Crippen molar-refractivity contribution < 1.29 is 14.7 Å². The van der Waals surface area contributed by atoms with Crippen molar-refractivity contribution in [1.29, 1.82) is 0 Å². The first-order valence-corrected chi connectivity index (χ1v) is 2.23. The van der Waals surface area contributed by atoms with E-state index in [1.54, 1.807) is 0 Å². The zero-order chi connectivity index (χ0) is 6.73. The molecule has 0 bridgehead atoms. The van der Waals surface area contributed by atoms with E-state index in [-0.39, 0.29) is 0 Å². The largest absolute Gasteiger partial charge is 0.475 e. The number of carboxylic acid groups (broad SMARTS) is 1. The third kappa shape index (κ3) is 1.93. The molecule has 0 spiro atoms. The van der Waals surface area contributed by atoms with Crippen LogP contribution in [-0.2, 0) is 9.59 Å². The summed E-state index contributed by atoms with van der Waals surface area (Å²) in [4.78, 5) is 19.7. The number of halogens is 1. The number of ketones is 1. The fourth-order valence-electron chi connectivity index (χ4n) is 0.134. The van der Waals surface area contributed by atoms with Gasteiger partial charge in [-0.1, -0.05) is 0 Å². The standard InChI is InChI=1S/C4H4ClO3/c1-2(5)3(6)4(7)8/h2H,1H2,(H,7,8). The van der Waals surface area contributed by atoms with Crippen LogP contribution in [0, 0.1) is 6.92 Å². The summed E-state index contributed by atoms with van der Waals surface area (Å²) in [6.45, 7) is 2.99. The van der Waals surface area contributed by atoms with Crippen LogP contribution < -0.4 is 0 Å². The van der Waals surface area contributed by atoms with Gasteiger partial charge in [0.25, 0.3) is 5.78 Å². The monoisotopic (exact) mass is 135 g/mol. The maximum atomic E-state index is 10.0. The molecule has 1 atom stereocenters. The molecule has 1 N–H and O–H groups in total. The van der Waals surface area contributed by atoms with E-state index in [4.69, 9.17) is 16.7 Å². The predicted octanol–water partition coefficient (Wildman–Crippen LogP) is 0.0816. The van der Waals surface area contributed by atoms with Gasteiger partial charge in [-0.2, -0.15) is 0 Å². The zero-order valence-corrected chi connectivity index (χ0v) is 4.68. The van der Waals surface area contributed by atoms with Crippen molar-refractivity contribution >= 4 is 23.4 Å². The lowest BCUT2D eigenvalue weighted by atomic mass is 10.3. The Labute approximate surface area is 51.3 Å². The van der Waals surface area contributed by atoms with E-state index in [1.807, 2.05) is 0 Å². The van der Waals surface area contributed by atoms with Crippen LogP contribution in [0.4, 0.5) is 0 Å². The minimum atomic E-state index is -1.54. The second-order valence-corrected chi connectivity index (χ2v) is 1.66. The van der Waals surface area contributed by atoms with Crippen LogP contribution in [0.15, 0.2) is 0 Å². The molecule has 0 aliphatic carbocycles. The van der Waals surface area contributed by atoms with Crippen molar-refractivity contribution in [3.05, 3.63) is 6.92 Å². The van der Waals surface area contributed by atoms with Crippen LogP contribution in [0.25, 0.3) is 0 Å².